The van der Waals surface area contributed by atoms with Crippen molar-refractivity contribution >= 4 is 23.4 Å². The fraction of sp³-hybridized carbons (Fsp3) is 0.400. The number of nitrogens with one attached hydrogen (secondary N) is 3. The summed E-state index contributed by atoms with van der Waals surface area (Å²) in [6.07, 6.45) is 1.71. The second-order valence-corrected chi connectivity index (χ2v) is 8.26. The van der Waals surface area contributed by atoms with Gasteiger partial charge in [-0.2, -0.15) is 0 Å². The van der Waals surface area contributed by atoms with Gasteiger partial charge in [0.05, 0.1) is 26.1 Å². The lowest BCUT2D eigenvalue weighted by atomic mass is 10.0. The molecule has 33 heavy (non-hydrogen) atoms. The van der Waals surface area contributed by atoms with E-state index in [9.17, 15) is 14.4 Å². The fourth-order valence-corrected chi connectivity index (χ4v) is 3.97. The average Bonchev–Trinajstić information content (AvgIpc) is 2.80. The lowest BCUT2D eigenvalue weighted by molar-refractivity contribution is -0.124. The zero-order chi connectivity index (χ0) is 23.6. The van der Waals surface area contributed by atoms with Gasteiger partial charge in [-0.25, -0.2) is 0 Å². The summed E-state index contributed by atoms with van der Waals surface area (Å²) in [5, 5.41) is 8.84. The van der Waals surface area contributed by atoms with Gasteiger partial charge >= 0.3 is 0 Å². The van der Waals surface area contributed by atoms with Crippen LogP contribution >= 0.6 is 0 Å². The molecule has 1 heterocycles. The number of para-hydroxylation sites is 1. The molecule has 0 spiro atoms. The molecule has 0 bridgehead atoms. The molecule has 3 N–H and O–H groups in total. The van der Waals surface area contributed by atoms with E-state index >= 15 is 0 Å². The molecule has 0 unspecified atom stereocenters. The number of hydrogen-bond acceptors (Lipinski definition) is 5. The summed E-state index contributed by atoms with van der Waals surface area (Å²) in [5.74, 6) is 0.380. The Morgan fingerprint density at radius 3 is 2.27 bits per heavy atom. The third-order valence-corrected chi connectivity index (χ3v) is 5.66. The van der Waals surface area contributed by atoms with Crippen molar-refractivity contribution in [3.63, 3.8) is 0 Å². The molecule has 0 radical (unpaired) electrons. The molecule has 176 valence electrons. The standard InChI is InChI=1S/C25H32N4O4/c1-18(30)26-23(19-8-10-22(33-2)11-9-19)16-24(31)27-21-12-14-29(15-13-21)17-25(32)28-20-6-4-3-5-7-20/h3-11,21,23H,12-17H2,1-2H3,(H,26,30)(H,27,31)(H,28,32)/t23-/m1/s1. The minimum atomic E-state index is -0.407. The van der Waals surface area contributed by atoms with Crippen LogP contribution in [0, 0.1) is 0 Å². The Morgan fingerprint density at radius 1 is 1.00 bits per heavy atom. The lowest BCUT2D eigenvalue weighted by Gasteiger charge is -2.32. The monoisotopic (exact) mass is 452 g/mol. The van der Waals surface area contributed by atoms with E-state index in [1.54, 1.807) is 7.11 Å². The molecule has 0 aliphatic carbocycles. The Balaban J connectivity index is 1.45. The molecule has 1 saturated heterocycles. The van der Waals surface area contributed by atoms with Crippen LogP contribution in [0.2, 0.25) is 0 Å². The highest BCUT2D eigenvalue weighted by atomic mass is 16.5. The molecular formula is C25H32N4O4. The first kappa shape index (κ1) is 24.3. The Labute approximate surface area is 194 Å². The molecule has 0 aromatic heterocycles. The highest BCUT2D eigenvalue weighted by Gasteiger charge is 2.24. The Kier molecular flexibility index (Phi) is 8.83. The fourth-order valence-electron chi connectivity index (χ4n) is 3.97. The van der Waals surface area contributed by atoms with E-state index in [-0.39, 0.29) is 30.2 Å². The largest absolute Gasteiger partial charge is 0.497 e. The lowest BCUT2D eigenvalue weighted by Crippen LogP contribution is -2.47. The van der Waals surface area contributed by atoms with Gasteiger partial charge in [0.2, 0.25) is 17.7 Å². The summed E-state index contributed by atoms with van der Waals surface area (Å²) in [4.78, 5) is 38.7. The first-order valence-corrected chi connectivity index (χ1v) is 11.2. The van der Waals surface area contributed by atoms with E-state index < -0.39 is 6.04 Å². The van der Waals surface area contributed by atoms with Gasteiger partial charge in [0, 0.05) is 31.7 Å². The van der Waals surface area contributed by atoms with Gasteiger partial charge in [0.25, 0.3) is 0 Å². The van der Waals surface area contributed by atoms with Gasteiger partial charge in [-0.15, -0.1) is 0 Å². The number of piperidine rings is 1. The van der Waals surface area contributed by atoms with Gasteiger partial charge in [-0.05, 0) is 42.7 Å². The van der Waals surface area contributed by atoms with E-state index in [4.69, 9.17) is 4.74 Å². The molecule has 1 aliphatic heterocycles. The molecular weight excluding hydrogens is 420 g/mol. The molecule has 2 aromatic carbocycles. The zero-order valence-corrected chi connectivity index (χ0v) is 19.2. The van der Waals surface area contributed by atoms with E-state index in [2.05, 4.69) is 20.9 Å². The Bertz CT molecular complexity index is 925. The zero-order valence-electron chi connectivity index (χ0n) is 19.2. The van der Waals surface area contributed by atoms with Crippen molar-refractivity contribution in [3.8, 4) is 5.75 Å². The summed E-state index contributed by atoms with van der Waals surface area (Å²) < 4.78 is 5.18. The molecule has 1 fully saturated rings. The van der Waals surface area contributed by atoms with Crippen LogP contribution in [0.1, 0.15) is 37.8 Å². The number of ether oxygens (including phenoxy) is 1. The third-order valence-electron chi connectivity index (χ3n) is 5.66. The second-order valence-electron chi connectivity index (χ2n) is 8.26. The van der Waals surface area contributed by atoms with Crippen LogP contribution in [-0.2, 0) is 14.4 Å². The van der Waals surface area contributed by atoms with Crippen molar-refractivity contribution in [1.29, 1.82) is 0 Å². The maximum Gasteiger partial charge on any atom is 0.238 e. The SMILES string of the molecule is COc1ccc([C@@H](CC(=O)NC2CCN(CC(=O)Nc3ccccc3)CC2)NC(C)=O)cc1. The number of methoxy groups -OCH3 is 1. The van der Waals surface area contributed by atoms with Crippen molar-refractivity contribution in [2.24, 2.45) is 0 Å². The molecule has 2 aromatic rings. The third kappa shape index (κ3) is 7.91. The minimum Gasteiger partial charge on any atom is -0.497 e. The molecule has 1 aliphatic rings. The van der Waals surface area contributed by atoms with Gasteiger partial charge in [0.15, 0.2) is 0 Å². The quantitative estimate of drug-likeness (QED) is 0.543. The van der Waals surface area contributed by atoms with Crippen molar-refractivity contribution in [2.75, 3.05) is 32.1 Å². The number of nitrogens with zero attached hydrogens (tertiary/aromatic N) is 1. The van der Waals surface area contributed by atoms with E-state index in [0.29, 0.717) is 12.3 Å². The number of amides is 3. The first-order valence-electron chi connectivity index (χ1n) is 11.2. The van der Waals surface area contributed by atoms with Crippen LogP contribution in [0.4, 0.5) is 5.69 Å². The molecule has 8 heteroatoms. The number of rotatable bonds is 9. The van der Waals surface area contributed by atoms with Crippen molar-refractivity contribution in [3.05, 3.63) is 60.2 Å². The van der Waals surface area contributed by atoms with Gasteiger partial charge in [0.1, 0.15) is 5.75 Å². The van der Waals surface area contributed by atoms with Gasteiger partial charge in [-0.3, -0.25) is 19.3 Å². The molecule has 8 nitrogen and oxygen atoms in total. The highest BCUT2D eigenvalue weighted by molar-refractivity contribution is 5.92. The van der Waals surface area contributed by atoms with Crippen LogP contribution in [-0.4, -0.2) is 55.4 Å². The minimum absolute atomic E-state index is 0.0404. The van der Waals surface area contributed by atoms with E-state index in [1.807, 2.05) is 54.6 Å². The van der Waals surface area contributed by atoms with Crippen molar-refractivity contribution in [2.45, 2.75) is 38.3 Å². The molecule has 3 amide bonds. The maximum absolute atomic E-state index is 12.7. The number of benzene rings is 2. The summed E-state index contributed by atoms with van der Waals surface area (Å²) in [6.45, 7) is 3.25. The van der Waals surface area contributed by atoms with Gasteiger partial charge < -0.3 is 20.7 Å². The Morgan fingerprint density at radius 2 is 1.67 bits per heavy atom. The van der Waals surface area contributed by atoms with Gasteiger partial charge in [-0.1, -0.05) is 30.3 Å². The Hall–Kier alpha value is -3.39. The average molecular weight is 453 g/mol. The second kappa shape index (κ2) is 12.0. The summed E-state index contributed by atoms with van der Waals surface area (Å²) in [6, 6.07) is 16.4. The predicted molar refractivity (Wildman–Crippen MR) is 127 cm³/mol. The number of hydrogen-bond donors (Lipinski definition) is 3. The smallest absolute Gasteiger partial charge is 0.238 e. The van der Waals surface area contributed by atoms with Crippen LogP contribution < -0.4 is 20.7 Å². The summed E-state index contributed by atoms with van der Waals surface area (Å²) in [5.41, 5.74) is 1.63. The highest BCUT2D eigenvalue weighted by Crippen LogP contribution is 2.21. The topological polar surface area (TPSA) is 99.8 Å². The molecule has 1 atom stereocenters. The maximum atomic E-state index is 12.7. The number of anilines is 1. The van der Waals surface area contributed by atoms with Crippen LogP contribution in [0.25, 0.3) is 0 Å². The summed E-state index contributed by atoms with van der Waals surface area (Å²) in [7, 11) is 1.59. The van der Waals surface area contributed by atoms with Crippen LogP contribution in [0.15, 0.2) is 54.6 Å². The normalized spacial score (nSPS) is 15.3. The van der Waals surface area contributed by atoms with Crippen molar-refractivity contribution in [1.82, 2.24) is 15.5 Å². The van der Waals surface area contributed by atoms with Crippen LogP contribution in [0.5, 0.6) is 5.75 Å². The molecule has 0 saturated carbocycles. The predicted octanol–water partition coefficient (Wildman–Crippen LogP) is 2.48. The summed E-state index contributed by atoms with van der Waals surface area (Å²) >= 11 is 0. The van der Waals surface area contributed by atoms with Crippen LogP contribution in [0.3, 0.4) is 0 Å². The first-order chi connectivity index (χ1) is 15.9. The number of likely N-dealkylation sites (tertiary alicyclic amines) is 1. The van der Waals surface area contributed by atoms with E-state index in [1.165, 1.54) is 6.92 Å². The van der Waals surface area contributed by atoms with Crippen molar-refractivity contribution < 1.29 is 19.1 Å². The number of carbonyl (C=O) groups is 3. The molecule has 3 rings (SSSR count). The number of carbonyl (C=O) groups excluding carboxylic acids is 3. The van der Waals surface area contributed by atoms with E-state index in [0.717, 1.165) is 37.2 Å².